The summed E-state index contributed by atoms with van der Waals surface area (Å²) in [5.74, 6) is 1.85. The average molecular weight is 259 g/mol. The van der Waals surface area contributed by atoms with E-state index in [4.69, 9.17) is 9.15 Å². The number of ether oxygens (including phenoxy) is 1. The SMILES string of the molecule is CCCOc1ccccc1C(NC)c1coc(C)c1. The van der Waals surface area contributed by atoms with Crippen molar-refractivity contribution >= 4 is 0 Å². The van der Waals surface area contributed by atoms with Crippen molar-refractivity contribution < 1.29 is 9.15 Å². The van der Waals surface area contributed by atoms with Crippen molar-refractivity contribution in [1.29, 1.82) is 0 Å². The largest absolute Gasteiger partial charge is 0.493 e. The quantitative estimate of drug-likeness (QED) is 0.859. The molecule has 0 aliphatic rings. The smallest absolute Gasteiger partial charge is 0.124 e. The van der Waals surface area contributed by atoms with Crippen LogP contribution < -0.4 is 10.1 Å². The van der Waals surface area contributed by atoms with Gasteiger partial charge in [-0.2, -0.15) is 0 Å². The van der Waals surface area contributed by atoms with Crippen molar-refractivity contribution in [2.24, 2.45) is 0 Å². The Morgan fingerprint density at radius 2 is 2.11 bits per heavy atom. The van der Waals surface area contributed by atoms with Crippen LogP contribution in [0.2, 0.25) is 0 Å². The molecule has 2 aromatic rings. The number of nitrogens with one attached hydrogen (secondary N) is 1. The van der Waals surface area contributed by atoms with Crippen molar-refractivity contribution in [2.45, 2.75) is 26.3 Å². The summed E-state index contributed by atoms with van der Waals surface area (Å²) in [7, 11) is 1.95. The zero-order chi connectivity index (χ0) is 13.7. The zero-order valence-corrected chi connectivity index (χ0v) is 11.8. The van der Waals surface area contributed by atoms with E-state index in [0.29, 0.717) is 0 Å². The van der Waals surface area contributed by atoms with E-state index in [9.17, 15) is 0 Å². The molecule has 1 N–H and O–H groups in total. The van der Waals surface area contributed by atoms with E-state index in [1.54, 1.807) is 6.26 Å². The molecule has 0 saturated carbocycles. The highest BCUT2D eigenvalue weighted by molar-refractivity contribution is 5.41. The summed E-state index contributed by atoms with van der Waals surface area (Å²) < 4.78 is 11.2. The minimum atomic E-state index is 0.0884. The lowest BCUT2D eigenvalue weighted by atomic mass is 10.00. The molecular formula is C16H21NO2. The number of hydrogen-bond donors (Lipinski definition) is 1. The van der Waals surface area contributed by atoms with Crippen LogP contribution in [0.1, 0.15) is 36.3 Å². The van der Waals surface area contributed by atoms with Gasteiger partial charge in [0.05, 0.1) is 18.9 Å². The van der Waals surface area contributed by atoms with Crippen LogP contribution in [-0.2, 0) is 0 Å². The summed E-state index contributed by atoms with van der Waals surface area (Å²) in [6.45, 7) is 4.80. The van der Waals surface area contributed by atoms with Gasteiger partial charge in [-0.3, -0.25) is 0 Å². The van der Waals surface area contributed by atoms with Gasteiger partial charge in [0.1, 0.15) is 11.5 Å². The molecule has 0 aliphatic carbocycles. The lowest BCUT2D eigenvalue weighted by molar-refractivity contribution is 0.312. The topological polar surface area (TPSA) is 34.4 Å². The van der Waals surface area contributed by atoms with Gasteiger partial charge in [0.2, 0.25) is 0 Å². The van der Waals surface area contributed by atoms with E-state index < -0.39 is 0 Å². The van der Waals surface area contributed by atoms with E-state index in [0.717, 1.165) is 35.7 Å². The summed E-state index contributed by atoms with van der Waals surface area (Å²) in [6.07, 6.45) is 2.80. The summed E-state index contributed by atoms with van der Waals surface area (Å²) in [5, 5.41) is 3.32. The number of benzene rings is 1. The van der Waals surface area contributed by atoms with Gasteiger partial charge in [0.25, 0.3) is 0 Å². The number of rotatable bonds is 6. The van der Waals surface area contributed by atoms with Gasteiger partial charge >= 0.3 is 0 Å². The van der Waals surface area contributed by atoms with Gasteiger partial charge in [-0.05, 0) is 32.5 Å². The highest BCUT2D eigenvalue weighted by atomic mass is 16.5. The van der Waals surface area contributed by atoms with Crippen LogP contribution in [0.3, 0.4) is 0 Å². The Bertz CT molecular complexity index is 519. The van der Waals surface area contributed by atoms with Crippen LogP contribution in [0.15, 0.2) is 41.0 Å². The molecule has 1 aromatic carbocycles. The third kappa shape index (κ3) is 3.18. The van der Waals surface area contributed by atoms with Crippen molar-refractivity contribution in [1.82, 2.24) is 5.32 Å². The van der Waals surface area contributed by atoms with Gasteiger partial charge in [0.15, 0.2) is 0 Å². The van der Waals surface area contributed by atoms with Gasteiger partial charge < -0.3 is 14.5 Å². The Morgan fingerprint density at radius 3 is 2.74 bits per heavy atom. The maximum Gasteiger partial charge on any atom is 0.124 e. The predicted octanol–water partition coefficient (Wildman–Crippen LogP) is 3.69. The molecule has 0 bridgehead atoms. The van der Waals surface area contributed by atoms with E-state index in [2.05, 4.69) is 24.4 Å². The highest BCUT2D eigenvalue weighted by Gasteiger charge is 2.18. The standard InChI is InChI=1S/C16H21NO2/c1-4-9-18-15-8-6-5-7-14(15)16(17-3)13-10-12(2)19-11-13/h5-8,10-11,16-17H,4,9H2,1-3H3. The Hall–Kier alpha value is -1.74. The first-order valence-electron chi connectivity index (χ1n) is 6.70. The van der Waals surface area contributed by atoms with Crippen LogP contribution in [0, 0.1) is 6.92 Å². The lowest BCUT2D eigenvalue weighted by Crippen LogP contribution is -2.18. The van der Waals surface area contributed by atoms with Crippen LogP contribution in [-0.4, -0.2) is 13.7 Å². The molecule has 19 heavy (non-hydrogen) atoms. The van der Waals surface area contributed by atoms with Crippen LogP contribution in [0.4, 0.5) is 0 Å². The molecule has 1 atom stereocenters. The molecule has 0 spiro atoms. The maximum atomic E-state index is 5.83. The number of hydrogen-bond acceptors (Lipinski definition) is 3. The molecule has 0 radical (unpaired) electrons. The van der Waals surface area contributed by atoms with Gasteiger partial charge in [-0.1, -0.05) is 25.1 Å². The second-order valence-electron chi connectivity index (χ2n) is 4.60. The molecular weight excluding hydrogens is 238 g/mol. The summed E-state index contributed by atoms with van der Waals surface area (Å²) in [4.78, 5) is 0. The third-order valence-corrected chi connectivity index (χ3v) is 3.06. The maximum absolute atomic E-state index is 5.83. The summed E-state index contributed by atoms with van der Waals surface area (Å²) in [5.41, 5.74) is 2.26. The summed E-state index contributed by atoms with van der Waals surface area (Å²) in [6, 6.07) is 10.3. The van der Waals surface area contributed by atoms with Crippen molar-refractivity contribution in [2.75, 3.05) is 13.7 Å². The van der Waals surface area contributed by atoms with E-state index >= 15 is 0 Å². The second-order valence-corrected chi connectivity index (χ2v) is 4.60. The van der Waals surface area contributed by atoms with Crippen LogP contribution >= 0.6 is 0 Å². The van der Waals surface area contributed by atoms with Crippen molar-refractivity contribution in [3.8, 4) is 5.75 Å². The Kier molecular flexibility index (Phi) is 4.63. The molecule has 0 saturated heterocycles. The minimum absolute atomic E-state index is 0.0884. The number of aryl methyl sites for hydroxylation is 1. The molecule has 0 amide bonds. The first-order chi connectivity index (χ1) is 9.26. The molecule has 3 nitrogen and oxygen atoms in total. The molecule has 3 heteroatoms. The molecule has 0 aliphatic heterocycles. The monoisotopic (exact) mass is 259 g/mol. The Balaban J connectivity index is 2.32. The average Bonchev–Trinajstić information content (AvgIpc) is 2.85. The van der Waals surface area contributed by atoms with Crippen LogP contribution in [0.5, 0.6) is 5.75 Å². The normalized spacial score (nSPS) is 12.4. The zero-order valence-electron chi connectivity index (χ0n) is 11.8. The van der Waals surface area contributed by atoms with Gasteiger partial charge in [-0.15, -0.1) is 0 Å². The van der Waals surface area contributed by atoms with Gasteiger partial charge in [-0.25, -0.2) is 0 Å². The minimum Gasteiger partial charge on any atom is -0.493 e. The molecule has 1 aromatic heterocycles. The number of furan rings is 1. The first kappa shape index (κ1) is 13.7. The molecule has 2 rings (SSSR count). The highest BCUT2D eigenvalue weighted by Crippen LogP contribution is 2.30. The number of para-hydroxylation sites is 1. The molecule has 1 heterocycles. The van der Waals surface area contributed by atoms with E-state index in [1.807, 2.05) is 32.2 Å². The van der Waals surface area contributed by atoms with Crippen LogP contribution in [0.25, 0.3) is 0 Å². The second kappa shape index (κ2) is 6.43. The molecule has 102 valence electrons. The molecule has 0 fully saturated rings. The Morgan fingerprint density at radius 1 is 1.32 bits per heavy atom. The summed E-state index contributed by atoms with van der Waals surface area (Å²) >= 11 is 0. The van der Waals surface area contributed by atoms with Crippen molar-refractivity contribution in [3.63, 3.8) is 0 Å². The van der Waals surface area contributed by atoms with E-state index in [-0.39, 0.29) is 6.04 Å². The predicted molar refractivity (Wildman–Crippen MR) is 76.6 cm³/mol. The fourth-order valence-electron chi connectivity index (χ4n) is 2.18. The van der Waals surface area contributed by atoms with Gasteiger partial charge in [0, 0.05) is 11.1 Å². The fraction of sp³-hybridized carbons (Fsp3) is 0.375. The lowest BCUT2D eigenvalue weighted by Gasteiger charge is -2.19. The molecule has 1 unspecified atom stereocenters. The van der Waals surface area contributed by atoms with Crippen molar-refractivity contribution in [3.05, 3.63) is 53.5 Å². The first-order valence-corrected chi connectivity index (χ1v) is 6.70. The Labute approximate surface area is 114 Å². The third-order valence-electron chi connectivity index (χ3n) is 3.06. The van der Waals surface area contributed by atoms with E-state index in [1.165, 1.54) is 0 Å². The fourth-order valence-corrected chi connectivity index (χ4v) is 2.18.